The van der Waals surface area contributed by atoms with Crippen LogP contribution in [0.1, 0.15) is 113 Å². The predicted octanol–water partition coefficient (Wildman–Crippen LogP) is 7.75. The Bertz CT molecular complexity index is 954. The summed E-state index contributed by atoms with van der Waals surface area (Å²) in [4.78, 5) is 23.8. The highest BCUT2D eigenvalue weighted by atomic mass is 16.5. The van der Waals surface area contributed by atoms with Gasteiger partial charge in [-0.05, 0) is 110 Å². The molecule has 0 aliphatic heterocycles. The molecule has 0 aromatic rings. The van der Waals surface area contributed by atoms with Crippen molar-refractivity contribution in [2.75, 3.05) is 6.61 Å². The molecule has 0 heterocycles. The standard InChI is InChI=1S/C33H52O4/c1-9-23-12-17-33(20-36-21(2)34)19-18-31(7)24(28(23)33)10-11-26-30(6)15-14-27(37-22(3)35)29(4,5)25(30)13-16-32(26,31)8/h9,23-28H,1,10-20H2,2-8H3. The Morgan fingerprint density at radius 3 is 2.19 bits per heavy atom. The van der Waals surface area contributed by atoms with Gasteiger partial charge in [0, 0.05) is 24.7 Å². The van der Waals surface area contributed by atoms with E-state index in [9.17, 15) is 9.59 Å². The number of carbonyl (C=O) groups is 2. The van der Waals surface area contributed by atoms with E-state index in [4.69, 9.17) is 9.47 Å². The molecular weight excluding hydrogens is 460 g/mol. The molecule has 10 atom stereocenters. The molecule has 10 unspecified atom stereocenters. The van der Waals surface area contributed by atoms with Crippen molar-refractivity contribution in [1.29, 1.82) is 0 Å². The zero-order chi connectivity index (χ0) is 27.0. The van der Waals surface area contributed by atoms with Crippen molar-refractivity contribution in [1.82, 2.24) is 0 Å². The van der Waals surface area contributed by atoms with Crippen molar-refractivity contribution in [3.8, 4) is 0 Å². The first-order valence-electron chi connectivity index (χ1n) is 15.2. The van der Waals surface area contributed by atoms with Gasteiger partial charge in [-0.1, -0.05) is 40.7 Å². The van der Waals surface area contributed by atoms with Crippen molar-refractivity contribution in [3.63, 3.8) is 0 Å². The van der Waals surface area contributed by atoms with Gasteiger partial charge in [-0.15, -0.1) is 6.58 Å². The summed E-state index contributed by atoms with van der Waals surface area (Å²) in [6.45, 7) is 20.7. The Labute approximate surface area is 225 Å². The fourth-order valence-electron chi connectivity index (χ4n) is 11.9. The summed E-state index contributed by atoms with van der Waals surface area (Å²) < 4.78 is 11.7. The van der Waals surface area contributed by atoms with Crippen molar-refractivity contribution >= 4 is 11.9 Å². The van der Waals surface area contributed by atoms with E-state index in [1.54, 1.807) is 13.8 Å². The molecule has 0 aromatic heterocycles. The number of hydrogen-bond acceptors (Lipinski definition) is 4. The zero-order valence-corrected chi connectivity index (χ0v) is 24.7. The second kappa shape index (κ2) is 8.85. The van der Waals surface area contributed by atoms with Crippen molar-refractivity contribution in [2.24, 2.45) is 56.7 Å². The van der Waals surface area contributed by atoms with Gasteiger partial charge in [0.2, 0.25) is 0 Å². The second-order valence-corrected chi connectivity index (χ2v) is 15.2. The number of carbonyl (C=O) groups excluding carboxylic acids is 2. The third kappa shape index (κ3) is 3.73. The lowest BCUT2D eigenvalue weighted by Crippen LogP contribution is -2.67. The van der Waals surface area contributed by atoms with Crippen molar-refractivity contribution in [3.05, 3.63) is 12.7 Å². The number of fused-ring (bicyclic) bond motifs is 7. The number of allylic oxidation sites excluding steroid dienone is 1. The first-order valence-corrected chi connectivity index (χ1v) is 15.2. The normalized spacial score (nSPS) is 50.0. The summed E-state index contributed by atoms with van der Waals surface area (Å²) in [6, 6.07) is 0. The minimum absolute atomic E-state index is 0.00287. The van der Waals surface area contributed by atoms with E-state index in [1.165, 1.54) is 51.4 Å². The highest BCUT2D eigenvalue weighted by molar-refractivity contribution is 5.66. The lowest BCUT2D eigenvalue weighted by atomic mass is 9.32. The lowest BCUT2D eigenvalue weighted by molar-refractivity contribution is -0.251. The van der Waals surface area contributed by atoms with E-state index in [0.29, 0.717) is 41.6 Å². The largest absolute Gasteiger partial charge is 0.465 e. The molecule has 0 saturated heterocycles. The summed E-state index contributed by atoms with van der Waals surface area (Å²) in [5, 5.41) is 0. The molecular formula is C33H52O4. The molecule has 4 heteroatoms. The van der Waals surface area contributed by atoms with Crippen LogP contribution < -0.4 is 0 Å². The van der Waals surface area contributed by atoms with E-state index in [-0.39, 0.29) is 39.7 Å². The first kappa shape index (κ1) is 27.3. The highest BCUT2D eigenvalue weighted by Crippen LogP contribution is 2.77. The van der Waals surface area contributed by atoms with E-state index in [0.717, 1.165) is 12.8 Å². The van der Waals surface area contributed by atoms with E-state index in [2.05, 4.69) is 47.3 Å². The van der Waals surface area contributed by atoms with E-state index in [1.807, 2.05) is 0 Å². The summed E-state index contributed by atoms with van der Waals surface area (Å²) in [6.07, 6.45) is 14.2. The van der Waals surface area contributed by atoms with E-state index >= 15 is 0 Å². The number of rotatable bonds is 4. The van der Waals surface area contributed by atoms with Crippen molar-refractivity contribution < 1.29 is 19.1 Å². The van der Waals surface area contributed by atoms with Crippen LogP contribution in [-0.2, 0) is 19.1 Å². The molecule has 5 rings (SSSR count). The van der Waals surface area contributed by atoms with Crippen LogP contribution in [0.2, 0.25) is 0 Å². The lowest BCUT2D eigenvalue weighted by Gasteiger charge is -2.73. The minimum Gasteiger partial charge on any atom is -0.465 e. The van der Waals surface area contributed by atoms with Crippen LogP contribution in [0.5, 0.6) is 0 Å². The molecule has 5 aliphatic rings. The summed E-state index contributed by atoms with van der Waals surface area (Å²) in [5.41, 5.74) is 0.997. The fraction of sp³-hybridized carbons (Fsp3) is 0.879. The van der Waals surface area contributed by atoms with Gasteiger partial charge in [-0.3, -0.25) is 9.59 Å². The van der Waals surface area contributed by atoms with Crippen molar-refractivity contribution in [2.45, 2.75) is 119 Å². The molecule has 0 spiro atoms. The number of esters is 2. The Morgan fingerprint density at radius 1 is 0.811 bits per heavy atom. The maximum atomic E-state index is 11.9. The molecule has 5 fully saturated rings. The molecule has 0 radical (unpaired) electrons. The van der Waals surface area contributed by atoms with Crippen LogP contribution >= 0.6 is 0 Å². The maximum Gasteiger partial charge on any atom is 0.302 e. The summed E-state index contributed by atoms with van der Waals surface area (Å²) in [5.74, 6) is 2.76. The molecule has 208 valence electrons. The highest BCUT2D eigenvalue weighted by Gasteiger charge is 2.71. The van der Waals surface area contributed by atoms with E-state index < -0.39 is 0 Å². The van der Waals surface area contributed by atoms with Gasteiger partial charge in [-0.2, -0.15) is 0 Å². The predicted molar refractivity (Wildman–Crippen MR) is 147 cm³/mol. The van der Waals surface area contributed by atoms with Gasteiger partial charge in [0.1, 0.15) is 6.10 Å². The average Bonchev–Trinajstić information content (AvgIpc) is 3.19. The monoisotopic (exact) mass is 512 g/mol. The van der Waals surface area contributed by atoms with Crippen LogP contribution in [0, 0.1) is 56.7 Å². The van der Waals surface area contributed by atoms with Gasteiger partial charge in [0.15, 0.2) is 0 Å². The van der Waals surface area contributed by atoms with Crippen LogP contribution in [0.15, 0.2) is 12.7 Å². The van der Waals surface area contributed by atoms with Crippen LogP contribution in [0.4, 0.5) is 0 Å². The number of hydrogen-bond donors (Lipinski definition) is 0. The molecule has 0 bridgehead atoms. The summed E-state index contributed by atoms with van der Waals surface area (Å²) >= 11 is 0. The molecule has 5 aliphatic carbocycles. The Hall–Kier alpha value is -1.32. The van der Waals surface area contributed by atoms with Crippen LogP contribution in [0.25, 0.3) is 0 Å². The zero-order valence-electron chi connectivity index (χ0n) is 24.7. The first-order chi connectivity index (χ1) is 17.2. The Morgan fingerprint density at radius 2 is 1.54 bits per heavy atom. The summed E-state index contributed by atoms with van der Waals surface area (Å²) in [7, 11) is 0. The second-order valence-electron chi connectivity index (χ2n) is 15.2. The molecule has 5 saturated carbocycles. The maximum absolute atomic E-state index is 11.9. The van der Waals surface area contributed by atoms with Gasteiger partial charge >= 0.3 is 11.9 Å². The topological polar surface area (TPSA) is 52.6 Å². The molecule has 0 aromatic carbocycles. The molecule has 4 nitrogen and oxygen atoms in total. The Balaban J connectivity index is 1.48. The third-order valence-electron chi connectivity index (χ3n) is 13.8. The third-order valence-corrected chi connectivity index (χ3v) is 13.8. The van der Waals surface area contributed by atoms with Crippen LogP contribution in [0.3, 0.4) is 0 Å². The van der Waals surface area contributed by atoms with Gasteiger partial charge in [0.05, 0.1) is 6.61 Å². The minimum atomic E-state index is -0.141. The van der Waals surface area contributed by atoms with Crippen LogP contribution in [-0.4, -0.2) is 24.6 Å². The van der Waals surface area contributed by atoms with Gasteiger partial charge in [-0.25, -0.2) is 0 Å². The smallest absolute Gasteiger partial charge is 0.302 e. The molecule has 0 amide bonds. The molecule has 37 heavy (non-hydrogen) atoms. The average molecular weight is 513 g/mol. The van der Waals surface area contributed by atoms with Gasteiger partial charge in [0.25, 0.3) is 0 Å². The Kier molecular flexibility index (Phi) is 6.52. The fourth-order valence-corrected chi connectivity index (χ4v) is 11.9. The molecule has 0 N–H and O–H groups in total. The van der Waals surface area contributed by atoms with Gasteiger partial charge < -0.3 is 9.47 Å². The quantitative estimate of drug-likeness (QED) is 0.285. The number of ether oxygens (including phenoxy) is 2. The SMILES string of the molecule is C=CC1CCC2(COC(C)=O)CCC3(C)C(CCC4C5(C)CCC(OC(C)=O)C(C)(C)C5CCC43C)C12.